The first-order valence-corrected chi connectivity index (χ1v) is 9.57. The molecule has 3 amide bonds. The molecule has 1 atom stereocenters. The lowest BCUT2D eigenvalue weighted by Gasteiger charge is -2.18. The van der Waals surface area contributed by atoms with E-state index in [9.17, 15) is 9.59 Å². The van der Waals surface area contributed by atoms with Crippen molar-refractivity contribution in [2.24, 2.45) is 5.73 Å². The number of hydrogen-bond donors (Lipinski definition) is 3. The third-order valence-corrected chi connectivity index (χ3v) is 4.73. The summed E-state index contributed by atoms with van der Waals surface area (Å²) in [6, 6.07) is 23.9. The van der Waals surface area contributed by atoms with Crippen molar-refractivity contribution in [2.45, 2.75) is 12.5 Å². The van der Waals surface area contributed by atoms with Crippen LogP contribution in [0.25, 0.3) is 11.1 Å². The average Bonchev–Trinajstić information content (AvgIpc) is 2.68. The highest BCUT2D eigenvalue weighted by Gasteiger charge is 2.18. The van der Waals surface area contributed by atoms with Gasteiger partial charge in [-0.05, 0) is 41.0 Å². The Morgan fingerprint density at radius 2 is 1.57 bits per heavy atom. The van der Waals surface area contributed by atoms with Crippen molar-refractivity contribution in [2.75, 3.05) is 5.32 Å². The van der Waals surface area contributed by atoms with Gasteiger partial charge in [0, 0.05) is 10.2 Å². The van der Waals surface area contributed by atoms with Crippen molar-refractivity contribution < 1.29 is 9.59 Å². The molecule has 0 aliphatic heterocycles. The molecule has 0 spiro atoms. The molecule has 0 unspecified atom stereocenters. The number of hydrogen-bond acceptors (Lipinski definition) is 2. The van der Waals surface area contributed by atoms with E-state index in [-0.39, 0.29) is 12.3 Å². The number of benzene rings is 3. The Bertz CT molecular complexity index is 959. The lowest BCUT2D eigenvalue weighted by molar-refractivity contribution is -0.116. The molecule has 3 aromatic rings. The van der Waals surface area contributed by atoms with Gasteiger partial charge in [-0.3, -0.25) is 4.79 Å². The number of amides is 3. The number of carbonyl (C=O) groups excluding carboxylic acids is 2. The Kier molecular flexibility index (Phi) is 6.45. The minimum Gasteiger partial charge on any atom is -0.352 e. The highest BCUT2D eigenvalue weighted by molar-refractivity contribution is 9.10. The minimum atomic E-state index is -0.676. The zero-order chi connectivity index (χ0) is 19.9. The van der Waals surface area contributed by atoms with E-state index in [1.807, 2.05) is 78.9 Å². The van der Waals surface area contributed by atoms with Gasteiger partial charge < -0.3 is 16.4 Å². The van der Waals surface area contributed by atoms with Crippen LogP contribution in [0, 0.1) is 0 Å². The van der Waals surface area contributed by atoms with Gasteiger partial charge in [-0.1, -0.05) is 70.5 Å². The second kappa shape index (κ2) is 9.19. The highest BCUT2D eigenvalue weighted by Crippen LogP contribution is 2.23. The maximum Gasteiger partial charge on any atom is 0.312 e. The number of anilines is 1. The molecule has 0 radical (unpaired) electrons. The summed E-state index contributed by atoms with van der Waals surface area (Å²) in [7, 11) is 0. The van der Waals surface area contributed by atoms with Crippen molar-refractivity contribution in [3.63, 3.8) is 0 Å². The molecule has 0 heterocycles. The maximum absolute atomic E-state index is 12.5. The van der Waals surface area contributed by atoms with Crippen LogP contribution in [0.4, 0.5) is 10.5 Å². The van der Waals surface area contributed by atoms with Crippen molar-refractivity contribution in [1.29, 1.82) is 0 Å². The maximum atomic E-state index is 12.5. The summed E-state index contributed by atoms with van der Waals surface area (Å²) in [4.78, 5) is 23.9. The van der Waals surface area contributed by atoms with E-state index in [0.29, 0.717) is 5.69 Å². The van der Waals surface area contributed by atoms with Gasteiger partial charge in [-0.2, -0.15) is 0 Å². The van der Waals surface area contributed by atoms with E-state index in [2.05, 4.69) is 26.6 Å². The Labute approximate surface area is 172 Å². The van der Waals surface area contributed by atoms with E-state index >= 15 is 0 Å². The molecule has 0 saturated carbocycles. The van der Waals surface area contributed by atoms with E-state index in [4.69, 9.17) is 5.73 Å². The number of halogens is 1. The average molecular weight is 438 g/mol. The molecule has 3 aromatic carbocycles. The second-order valence-corrected chi connectivity index (χ2v) is 7.23. The van der Waals surface area contributed by atoms with Gasteiger partial charge >= 0.3 is 6.03 Å². The third kappa shape index (κ3) is 5.44. The zero-order valence-electron chi connectivity index (χ0n) is 15.1. The van der Waals surface area contributed by atoms with Crippen molar-refractivity contribution in [3.8, 4) is 11.1 Å². The topological polar surface area (TPSA) is 84.2 Å². The molecule has 0 saturated heterocycles. The molecule has 6 heteroatoms. The fraction of sp³-hybridized carbons (Fsp3) is 0.0909. The summed E-state index contributed by atoms with van der Waals surface area (Å²) in [6.45, 7) is 0. The van der Waals surface area contributed by atoms with E-state index < -0.39 is 12.1 Å². The zero-order valence-corrected chi connectivity index (χ0v) is 16.6. The number of urea groups is 1. The van der Waals surface area contributed by atoms with Gasteiger partial charge in [-0.25, -0.2) is 4.79 Å². The van der Waals surface area contributed by atoms with Gasteiger partial charge in [0.2, 0.25) is 5.91 Å². The molecule has 28 heavy (non-hydrogen) atoms. The van der Waals surface area contributed by atoms with Gasteiger partial charge in [0.25, 0.3) is 0 Å². The van der Waals surface area contributed by atoms with Gasteiger partial charge in [-0.15, -0.1) is 0 Å². The Morgan fingerprint density at radius 3 is 2.21 bits per heavy atom. The lowest BCUT2D eigenvalue weighted by atomic mass is 10.0. The largest absolute Gasteiger partial charge is 0.352 e. The van der Waals surface area contributed by atoms with Crippen molar-refractivity contribution in [1.82, 2.24) is 5.32 Å². The SMILES string of the molecule is NC(=O)N[C@@H](CC(=O)Nc1ccc(-c2ccccc2)cc1)c1cccc(Br)c1. The van der Waals surface area contributed by atoms with Crippen molar-refractivity contribution >= 4 is 33.6 Å². The molecular formula is C22H20BrN3O2. The summed E-state index contributed by atoms with van der Waals surface area (Å²) in [5, 5.41) is 5.49. The Morgan fingerprint density at radius 1 is 0.893 bits per heavy atom. The molecule has 0 bridgehead atoms. The third-order valence-electron chi connectivity index (χ3n) is 4.23. The first-order chi connectivity index (χ1) is 13.5. The van der Waals surface area contributed by atoms with Crippen LogP contribution in [0.2, 0.25) is 0 Å². The van der Waals surface area contributed by atoms with E-state index in [1.54, 1.807) is 0 Å². The van der Waals surface area contributed by atoms with Crippen LogP contribution in [0.5, 0.6) is 0 Å². The normalized spacial score (nSPS) is 11.5. The monoisotopic (exact) mass is 437 g/mol. The number of primary amides is 1. The number of nitrogens with two attached hydrogens (primary N) is 1. The molecule has 142 valence electrons. The predicted molar refractivity (Wildman–Crippen MR) is 115 cm³/mol. The lowest BCUT2D eigenvalue weighted by Crippen LogP contribution is -2.35. The fourth-order valence-corrected chi connectivity index (χ4v) is 3.34. The first kappa shape index (κ1) is 19.6. The van der Waals surface area contributed by atoms with Crippen LogP contribution >= 0.6 is 15.9 Å². The van der Waals surface area contributed by atoms with Crippen molar-refractivity contribution in [3.05, 3.63) is 88.9 Å². The standard InChI is InChI=1S/C22H20BrN3O2/c23-18-8-4-7-17(13-18)20(26-22(24)28)14-21(27)25-19-11-9-16(10-12-19)15-5-2-1-3-6-15/h1-13,20H,14H2,(H,25,27)(H3,24,26,28)/t20-/m0/s1. The van der Waals surface area contributed by atoms with E-state index in [1.165, 1.54) is 0 Å². The second-order valence-electron chi connectivity index (χ2n) is 6.31. The van der Waals surface area contributed by atoms with Crippen LogP contribution < -0.4 is 16.4 Å². The fourth-order valence-electron chi connectivity index (χ4n) is 2.92. The quantitative estimate of drug-likeness (QED) is 0.514. The summed E-state index contributed by atoms with van der Waals surface area (Å²) in [5.74, 6) is -0.216. The van der Waals surface area contributed by atoms with Crippen LogP contribution in [-0.4, -0.2) is 11.9 Å². The molecule has 0 aliphatic carbocycles. The molecular weight excluding hydrogens is 418 g/mol. The van der Waals surface area contributed by atoms with Crippen LogP contribution in [0.15, 0.2) is 83.3 Å². The first-order valence-electron chi connectivity index (χ1n) is 8.78. The van der Waals surface area contributed by atoms with Gasteiger partial charge in [0.1, 0.15) is 0 Å². The van der Waals surface area contributed by atoms with Crippen LogP contribution in [0.1, 0.15) is 18.0 Å². The van der Waals surface area contributed by atoms with Crippen LogP contribution in [0.3, 0.4) is 0 Å². The summed E-state index contributed by atoms with van der Waals surface area (Å²) < 4.78 is 0.859. The number of nitrogens with one attached hydrogen (secondary N) is 2. The van der Waals surface area contributed by atoms with Gasteiger partial charge in [0.05, 0.1) is 12.5 Å². The Hall–Kier alpha value is -3.12. The summed E-state index contributed by atoms with van der Waals surface area (Å²) in [5.41, 5.74) is 8.94. The molecule has 3 rings (SSSR count). The van der Waals surface area contributed by atoms with Crippen LogP contribution in [-0.2, 0) is 4.79 Å². The highest BCUT2D eigenvalue weighted by atomic mass is 79.9. The smallest absolute Gasteiger partial charge is 0.312 e. The molecule has 0 fully saturated rings. The number of rotatable bonds is 6. The molecule has 0 aliphatic rings. The minimum absolute atomic E-state index is 0.0693. The molecule has 0 aromatic heterocycles. The molecule has 5 nitrogen and oxygen atoms in total. The predicted octanol–water partition coefficient (Wildman–Crippen LogP) is 4.85. The Balaban J connectivity index is 1.68. The summed E-state index contributed by atoms with van der Waals surface area (Å²) >= 11 is 3.40. The summed E-state index contributed by atoms with van der Waals surface area (Å²) in [6.07, 6.45) is 0.0693. The van der Waals surface area contributed by atoms with E-state index in [0.717, 1.165) is 21.2 Å². The number of carbonyl (C=O) groups is 2. The van der Waals surface area contributed by atoms with Gasteiger partial charge in [0.15, 0.2) is 0 Å². The molecule has 4 N–H and O–H groups in total.